The summed E-state index contributed by atoms with van der Waals surface area (Å²) in [6.45, 7) is 7.47. The molecule has 3 rings (SSSR count). The Hall–Kier alpha value is -2.02. The molecule has 0 saturated carbocycles. The van der Waals surface area contributed by atoms with Crippen LogP contribution >= 0.6 is 0 Å². The zero-order chi connectivity index (χ0) is 13.4. The van der Waals surface area contributed by atoms with E-state index in [1.807, 2.05) is 6.20 Å². The fourth-order valence-corrected chi connectivity index (χ4v) is 2.75. The summed E-state index contributed by atoms with van der Waals surface area (Å²) in [6.07, 6.45) is 4.20. The van der Waals surface area contributed by atoms with Crippen LogP contribution in [0.4, 0.5) is 0 Å². The van der Waals surface area contributed by atoms with Gasteiger partial charge in [0.15, 0.2) is 0 Å². The van der Waals surface area contributed by atoms with Crippen LogP contribution in [0.15, 0.2) is 36.5 Å². The van der Waals surface area contributed by atoms with E-state index in [-0.39, 0.29) is 0 Å². The highest BCUT2D eigenvalue weighted by atomic mass is 14.8. The molecule has 1 nitrogen and oxygen atoms in total. The molecule has 2 aromatic carbocycles. The molecule has 0 saturated heterocycles. The predicted octanol–water partition coefficient (Wildman–Crippen LogP) is 4.35. The third kappa shape index (κ3) is 2.17. The minimum atomic E-state index is 0.935. The molecule has 1 N–H and O–H groups in total. The highest BCUT2D eigenvalue weighted by molar-refractivity contribution is 5.73. The molecular formula is C18H19N. The van der Waals surface area contributed by atoms with E-state index in [0.29, 0.717) is 0 Å². The smallest absolute Gasteiger partial charge is 0.0403 e. The van der Waals surface area contributed by atoms with Crippen molar-refractivity contribution in [2.75, 3.05) is 0 Å². The summed E-state index contributed by atoms with van der Waals surface area (Å²) in [7, 11) is 0. The van der Waals surface area contributed by atoms with Crippen molar-refractivity contribution in [3.8, 4) is 11.1 Å². The van der Waals surface area contributed by atoms with E-state index >= 15 is 0 Å². The first-order valence-corrected chi connectivity index (χ1v) is 6.76. The molecule has 0 spiro atoms. The molecule has 0 atom stereocenters. The summed E-state index contributed by atoms with van der Waals surface area (Å²) in [5, 5.41) is 3.28. The van der Waals surface area contributed by atoms with Crippen LogP contribution in [-0.2, 0) is 6.54 Å². The minimum absolute atomic E-state index is 0.935. The highest BCUT2D eigenvalue weighted by Gasteiger charge is 2.11. The van der Waals surface area contributed by atoms with Crippen molar-refractivity contribution in [1.82, 2.24) is 5.32 Å². The summed E-state index contributed by atoms with van der Waals surface area (Å²) in [5.74, 6) is 0. The molecule has 19 heavy (non-hydrogen) atoms. The Morgan fingerprint density at radius 1 is 0.947 bits per heavy atom. The maximum absolute atomic E-state index is 3.28. The van der Waals surface area contributed by atoms with Crippen LogP contribution in [0.3, 0.4) is 0 Å². The number of rotatable bonds is 1. The Kier molecular flexibility index (Phi) is 2.90. The van der Waals surface area contributed by atoms with Gasteiger partial charge in [-0.25, -0.2) is 0 Å². The van der Waals surface area contributed by atoms with E-state index in [4.69, 9.17) is 0 Å². The Bertz CT molecular complexity index is 666. The van der Waals surface area contributed by atoms with Gasteiger partial charge in [-0.05, 0) is 72.5 Å². The third-order valence-electron chi connectivity index (χ3n) is 3.87. The molecule has 96 valence electrons. The van der Waals surface area contributed by atoms with E-state index in [2.05, 4.69) is 62.5 Å². The standard InChI is InChI=1S/C18H19N/c1-12-4-5-13(2)17(8-12)16-9-14(3)18-11-19-7-6-15(18)10-16/h4-10,19H,11H2,1-3H3. The Morgan fingerprint density at radius 2 is 1.79 bits per heavy atom. The zero-order valence-electron chi connectivity index (χ0n) is 11.7. The molecule has 1 aliphatic heterocycles. The van der Waals surface area contributed by atoms with Crippen LogP contribution < -0.4 is 5.32 Å². The van der Waals surface area contributed by atoms with Crippen molar-refractivity contribution in [3.63, 3.8) is 0 Å². The summed E-state index contributed by atoms with van der Waals surface area (Å²) in [4.78, 5) is 0. The van der Waals surface area contributed by atoms with E-state index in [9.17, 15) is 0 Å². The van der Waals surface area contributed by atoms with Crippen LogP contribution in [0.5, 0.6) is 0 Å². The van der Waals surface area contributed by atoms with Gasteiger partial charge >= 0.3 is 0 Å². The molecule has 0 fully saturated rings. The molecule has 0 unspecified atom stereocenters. The van der Waals surface area contributed by atoms with Crippen molar-refractivity contribution in [1.29, 1.82) is 0 Å². The van der Waals surface area contributed by atoms with Gasteiger partial charge in [0.2, 0.25) is 0 Å². The van der Waals surface area contributed by atoms with Crippen molar-refractivity contribution in [2.45, 2.75) is 27.3 Å². The highest BCUT2D eigenvalue weighted by Crippen LogP contribution is 2.30. The minimum Gasteiger partial charge on any atom is -0.387 e. The van der Waals surface area contributed by atoms with Crippen molar-refractivity contribution >= 4 is 6.08 Å². The van der Waals surface area contributed by atoms with Gasteiger partial charge in [-0.2, -0.15) is 0 Å². The zero-order valence-corrected chi connectivity index (χ0v) is 11.7. The molecule has 0 amide bonds. The SMILES string of the molecule is Cc1ccc(C)c(-c2cc(C)c3c(c2)C=CNC3)c1. The number of hydrogen-bond acceptors (Lipinski definition) is 1. The summed E-state index contributed by atoms with van der Waals surface area (Å²) < 4.78 is 0. The molecule has 1 heterocycles. The maximum Gasteiger partial charge on any atom is 0.0403 e. The first kappa shape index (κ1) is 12.0. The average Bonchev–Trinajstić information content (AvgIpc) is 2.41. The van der Waals surface area contributed by atoms with Gasteiger partial charge in [0.25, 0.3) is 0 Å². The van der Waals surface area contributed by atoms with Crippen LogP contribution in [0.25, 0.3) is 17.2 Å². The number of aryl methyl sites for hydroxylation is 3. The van der Waals surface area contributed by atoms with Gasteiger partial charge in [-0.15, -0.1) is 0 Å². The number of fused-ring (bicyclic) bond motifs is 1. The van der Waals surface area contributed by atoms with Crippen LogP contribution in [0.1, 0.15) is 27.8 Å². The normalized spacial score (nSPS) is 13.0. The molecule has 1 heteroatoms. The monoisotopic (exact) mass is 249 g/mol. The summed E-state index contributed by atoms with van der Waals surface area (Å²) in [5.41, 5.74) is 9.44. The van der Waals surface area contributed by atoms with Crippen molar-refractivity contribution in [2.24, 2.45) is 0 Å². The number of hydrogen-bond donors (Lipinski definition) is 1. The summed E-state index contributed by atoms with van der Waals surface area (Å²) in [6, 6.07) is 11.3. The average molecular weight is 249 g/mol. The Labute approximate surface area is 115 Å². The van der Waals surface area contributed by atoms with E-state index in [0.717, 1.165) is 6.54 Å². The molecule has 2 aromatic rings. The second kappa shape index (κ2) is 4.58. The van der Waals surface area contributed by atoms with Crippen LogP contribution in [0, 0.1) is 20.8 Å². The van der Waals surface area contributed by atoms with Gasteiger partial charge in [0.1, 0.15) is 0 Å². The largest absolute Gasteiger partial charge is 0.387 e. The van der Waals surface area contributed by atoms with Crippen molar-refractivity contribution < 1.29 is 0 Å². The first-order chi connectivity index (χ1) is 9.15. The molecule has 0 aromatic heterocycles. The van der Waals surface area contributed by atoms with E-state index in [1.54, 1.807) is 0 Å². The number of benzene rings is 2. The van der Waals surface area contributed by atoms with E-state index in [1.165, 1.54) is 38.9 Å². The Balaban J connectivity index is 2.19. The van der Waals surface area contributed by atoms with Gasteiger partial charge in [0.05, 0.1) is 0 Å². The maximum atomic E-state index is 3.28. The fourth-order valence-electron chi connectivity index (χ4n) is 2.75. The lowest BCUT2D eigenvalue weighted by molar-refractivity contribution is 0.851. The lowest BCUT2D eigenvalue weighted by Crippen LogP contribution is -2.11. The first-order valence-electron chi connectivity index (χ1n) is 6.76. The van der Waals surface area contributed by atoms with Gasteiger partial charge in [-0.3, -0.25) is 0 Å². The topological polar surface area (TPSA) is 12.0 Å². The van der Waals surface area contributed by atoms with E-state index < -0.39 is 0 Å². The molecule has 0 aliphatic carbocycles. The van der Waals surface area contributed by atoms with Crippen molar-refractivity contribution in [3.05, 3.63) is 64.3 Å². The van der Waals surface area contributed by atoms with Crippen LogP contribution in [-0.4, -0.2) is 0 Å². The summed E-state index contributed by atoms with van der Waals surface area (Å²) >= 11 is 0. The van der Waals surface area contributed by atoms with Gasteiger partial charge in [0, 0.05) is 6.54 Å². The Morgan fingerprint density at radius 3 is 2.63 bits per heavy atom. The van der Waals surface area contributed by atoms with Gasteiger partial charge < -0.3 is 5.32 Å². The molecular weight excluding hydrogens is 230 g/mol. The quantitative estimate of drug-likeness (QED) is 0.792. The van der Waals surface area contributed by atoms with Crippen LogP contribution in [0.2, 0.25) is 0 Å². The third-order valence-corrected chi connectivity index (χ3v) is 3.87. The molecule has 0 radical (unpaired) electrons. The fraction of sp³-hybridized carbons (Fsp3) is 0.222. The lowest BCUT2D eigenvalue weighted by atomic mass is 9.91. The molecule has 0 bridgehead atoms. The number of nitrogens with one attached hydrogen (secondary N) is 1. The van der Waals surface area contributed by atoms with Gasteiger partial charge in [-0.1, -0.05) is 29.8 Å². The molecule has 1 aliphatic rings. The predicted molar refractivity (Wildman–Crippen MR) is 82.0 cm³/mol. The second-order valence-electron chi connectivity index (χ2n) is 5.39. The second-order valence-corrected chi connectivity index (χ2v) is 5.39. The lowest BCUT2D eigenvalue weighted by Gasteiger charge is -2.18.